The van der Waals surface area contributed by atoms with Crippen molar-refractivity contribution in [3.8, 4) is 6.07 Å². The Kier molecular flexibility index (Phi) is 4.20. The summed E-state index contributed by atoms with van der Waals surface area (Å²) < 4.78 is 0. The van der Waals surface area contributed by atoms with Crippen molar-refractivity contribution >= 4 is 23.3 Å². The van der Waals surface area contributed by atoms with Gasteiger partial charge >= 0.3 is 5.97 Å². The molecule has 1 aromatic carbocycles. The third-order valence-corrected chi connectivity index (χ3v) is 4.60. The maximum atomic E-state index is 11.4. The number of piperidine rings is 1. The molecule has 1 fully saturated rings. The lowest BCUT2D eigenvalue weighted by molar-refractivity contribution is -0.150. The third kappa shape index (κ3) is 2.59. The Labute approximate surface area is 123 Å². The molecule has 0 amide bonds. The molecular formula is C15H17ClN2O2. The number of hydrogen-bond donors (Lipinski definition) is 1. The summed E-state index contributed by atoms with van der Waals surface area (Å²) in [5, 5.41) is 18.7. The largest absolute Gasteiger partial charge is 0.481 e. The molecule has 1 aliphatic heterocycles. The molecule has 0 spiro atoms. The fourth-order valence-corrected chi connectivity index (χ4v) is 2.92. The molecule has 20 heavy (non-hydrogen) atoms. The van der Waals surface area contributed by atoms with Crippen LogP contribution in [0.4, 0.5) is 5.69 Å². The standard InChI is InChI=1S/C15H17ClN2O2/c1-2-15(14(19)20)5-7-18(8-6-15)12-4-3-11(10-17)13(16)9-12/h3-4,9H,2,5-8H2,1H3,(H,19,20). The molecule has 1 N–H and O–H groups in total. The summed E-state index contributed by atoms with van der Waals surface area (Å²) in [6.07, 6.45) is 1.93. The second-order valence-corrected chi connectivity index (χ2v) is 5.61. The van der Waals surface area contributed by atoms with E-state index in [0.29, 0.717) is 42.9 Å². The summed E-state index contributed by atoms with van der Waals surface area (Å²) in [6.45, 7) is 3.33. The molecule has 1 aliphatic rings. The summed E-state index contributed by atoms with van der Waals surface area (Å²) in [6, 6.07) is 7.38. The van der Waals surface area contributed by atoms with Gasteiger partial charge in [0.2, 0.25) is 0 Å². The maximum Gasteiger partial charge on any atom is 0.309 e. The molecule has 0 bridgehead atoms. The molecule has 5 heteroatoms. The normalized spacial score (nSPS) is 17.6. The van der Waals surface area contributed by atoms with Gasteiger partial charge in [-0.15, -0.1) is 0 Å². The van der Waals surface area contributed by atoms with Crippen LogP contribution in [0.5, 0.6) is 0 Å². The first-order chi connectivity index (χ1) is 9.52. The minimum Gasteiger partial charge on any atom is -0.481 e. The Balaban J connectivity index is 2.13. The number of hydrogen-bond acceptors (Lipinski definition) is 3. The molecule has 0 aliphatic carbocycles. The summed E-state index contributed by atoms with van der Waals surface area (Å²) in [5.74, 6) is -0.697. The first-order valence-electron chi connectivity index (χ1n) is 6.70. The second-order valence-electron chi connectivity index (χ2n) is 5.20. The van der Waals surface area contributed by atoms with E-state index in [2.05, 4.69) is 4.90 Å². The van der Waals surface area contributed by atoms with Crippen LogP contribution in [-0.2, 0) is 4.79 Å². The number of carboxylic acids is 1. The average molecular weight is 293 g/mol. The van der Waals surface area contributed by atoms with Crippen LogP contribution in [0, 0.1) is 16.7 Å². The SMILES string of the molecule is CCC1(C(=O)O)CCN(c2ccc(C#N)c(Cl)c2)CC1. The molecular weight excluding hydrogens is 276 g/mol. The summed E-state index contributed by atoms with van der Waals surface area (Å²) in [4.78, 5) is 13.5. The highest BCUT2D eigenvalue weighted by molar-refractivity contribution is 6.32. The lowest BCUT2D eigenvalue weighted by Crippen LogP contribution is -2.44. The van der Waals surface area contributed by atoms with Gasteiger partial charge in [-0.1, -0.05) is 18.5 Å². The third-order valence-electron chi connectivity index (χ3n) is 4.29. The number of aliphatic carboxylic acids is 1. The molecule has 1 aromatic rings. The zero-order valence-electron chi connectivity index (χ0n) is 11.4. The number of carbonyl (C=O) groups is 1. The van der Waals surface area contributed by atoms with Gasteiger partial charge in [-0.2, -0.15) is 5.26 Å². The lowest BCUT2D eigenvalue weighted by Gasteiger charge is -2.39. The molecule has 1 heterocycles. The van der Waals surface area contributed by atoms with Gasteiger partial charge in [-0.3, -0.25) is 4.79 Å². The zero-order chi connectivity index (χ0) is 14.8. The van der Waals surface area contributed by atoms with Crippen LogP contribution >= 0.6 is 11.6 Å². The Hall–Kier alpha value is -1.73. The summed E-state index contributed by atoms with van der Waals surface area (Å²) >= 11 is 6.04. The van der Waals surface area contributed by atoms with Gasteiger partial charge in [-0.05, 0) is 37.5 Å². The van der Waals surface area contributed by atoms with Gasteiger partial charge in [-0.25, -0.2) is 0 Å². The number of benzene rings is 1. The van der Waals surface area contributed by atoms with Crippen molar-refractivity contribution in [3.63, 3.8) is 0 Å². The van der Waals surface area contributed by atoms with Gasteiger partial charge in [0.15, 0.2) is 0 Å². The van der Waals surface area contributed by atoms with E-state index in [0.717, 1.165) is 5.69 Å². The molecule has 1 saturated heterocycles. The van der Waals surface area contributed by atoms with Gasteiger partial charge < -0.3 is 10.0 Å². The highest BCUT2D eigenvalue weighted by Gasteiger charge is 2.39. The minimum absolute atomic E-state index is 0.440. The van der Waals surface area contributed by atoms with Crippen LogP contribution in [0.1, 0.15) is 31.7 Å². The second kappa shape index (κ2) is 5.72. The fraction of sp³-hybridized carbons (Fsp3) is 0.467. The fourth-order valence-electron chi connectivity index (χ4n) is 2.70. The quantitative estimate of drug-likeness (QED) is 0.928. The maximum absolute atomic E-state index is 11.4. The van der Waals surface area contributed by atoms with E-state index in [4.69, 9.17) is 16.9 Å². The Bertz CT molecular complexity index is 557. The minimum atomic E-state index is -0.697. The molecule has 0 radical (unpaired) electrons. The summed E-state index contributed by atoms with van der Waals surface area (Å²) in [7, 11) is 0. The van der Waals surface area contributed by atoms with Crippen molar-refractivity contribution in [3.05, 3.63) is 28.8 Å². The van der Waals surface area contributed by atoms with Crippen LogP contribution in [0.2, 0.25) is 5.02 Å². The number of halogens is 1. The number of nitriles is 1. The highest BCUT2D eigenvalue weighted by Crippen LogP contribution is 2.37. The van der Waals surface area contributed by atoms with E-state index < -0.39 is 11.4 Å². The molecule has 0 unspecified atom stereocenters. The molecule has 0 saturated carbocycles. The first kappa shape index (κ1) is 14.7. The van der Waals surface area contributed by atoms with E-state index in [1.807, 2.05) is 19.1 Å². The predicted octanol–water partition coefficient (Wildman–Crippen LogP) is 3.29. The van der Waals surface area contributed by atoms with Crippen molar-refractivity contribution in [1.29, 1.82) is 5.26 Å². The van der Waals surface area contributed by atoms with E-state index in [-0.39, 0.29) is 0 Å². The van der Waals surface area contributed by atoms with Crippen molar-refractivity contribution in [2.45, 2.75) is 26.2 Å². The molecule has 106 valence electrons. The number of anilines is 1. The predicted molar refractivity (Wildman–Crippen MR) is 78.0 cm³/mol. The average Bonchev–Trinajstić information content (AvgIpc) is 2.47. The first-order valence-corrected chi connectivity index (χ1v) is 7.08. The van der Waals surface area contributed by atoms with Crippen LogP contribution in [0.25, 0.3) is 0 Å². The van der Waals surface area contributed by atoms with Crippen molar-refractivity contribution in [2.24, 2.45) is 5.41 Å². The monoisotopic (exact) mass is 292 g/mol. The Morgan fingerprint density at radius 2 is 2.15 bits per heavy atom. The zero-order valence-corrected chi connectivity index (χ0v) is 12.2. The van der Waals surface area contributed by atoms with E-state index in [1.165, 1.54) is 0 Å². The van der Waals surface area contributed by atoms with Crippen LogP contribution < -0.4 is 4.90 Å². The van der Waals surface area contributed by atoms with E-state index in [1.54, 1.807) is 12.1 Å². The van der Waals surface area contributed by atoms with Gasteiger partial charge in [0.25, 0.3) is 0 Å². The molecule has 0 aromatic heterocycles. The summed E-state index contributed by atoms with van der Waals surface area (Å²) in [5.41, 5.74) is 0.817. The van der Waals surface area contributed by atoms with Crippen LogP contribution in [0.3, 0.4) is 0 Å². The van der Waals surface area contributed by atoms with Crippen molar-refractivity contribution < 1.29 is 9.90 Å². The number of nitrogens with zero attached hydrogens (tertiary/aromatic N) is 2. The lowest BCUT2D eigenvalue weighted by atomic mass is 9.76. The van der Waals surface area contributed by atoms with Gasteiger partial charge in [0.05, 0.1) is 16.0 Å². The number of carboxylic acid groups (broad SMARTS) is 1. The van der Waals surface area contributed by atoms with Gasteiger partial charge in [0, 0.05) is 18.8 Å². The van der Waals surface area contributed by atoms with Crippen molar-refractivity contribution in [1.82, 2.24) is 0 Å². The molecule has 2 rings (SSSR count). The number of rotatable bonds is 3. The highest BCUT2D eigenvalue weighted by atomic mass is 35.5. The van der Waals surface area contributed by atoms with Crippen molar-refractivity contribution in [2.75, 3.05) is 18.0 Å². The van der Waals surface area contributed by atoms with Crippen LogP contribution in [-0.4, -0.2) is 24.2 Å². The van der Waals surface area contributed by atoms with Crippen LogP contribution in [0.15, 0.2) is 18.2 Å². The smallest absolute Gasteiger partial charge is 0.309 e. The Morgan fingerprint density at radius 1 is 1.50 bits per heavy atom. The van der Waals surface area contributed by atoms with E-state index in [9.17, 15) is 9.90 Å². The molecule has 4 nitrogen and oxygen atoms in total. The van der Waals surface area contributed by atoms with E-state index >= 15 is 0 Å². The Morgan fingerprint density at radius 3 is 2.60 bits per heavy atom. The van der Waals surface area contributed by atoms with Gasteiger partial charge in [0.1, 0.15) is 6.07 Å². The topological polar surface area (TPSA) is 64.3 Å². The molecule has 0 atom stereocenters.